The van der Waals surface area contributed by atoms with Gasteiger partial charge >= 0.3 is 12.1 Å². The molecular weight excluding hydrogens is 258 g/mol. The third kappa shape index (κ3) is 6.08. The van der Waals surface area contributed by atoms with Crippen LogP contribution in [0.1, 0.15) is 53.4 Å². The van der Waals surface area contributed by atoms with E-state index in [4.69, 9.17) is 9.47 Å². The Morgan fingerprint density at radius 1 is 1.35 bits per heavy atom. The third-order valence-electron chi connectivity index (χ3n) is 2.94. The Hall–Kier alpha value is -1.52. The Bertz CT molecular complexity index is 382. The molecular formula is C15H25NO4. The average molecular weight is 283 g/mol. The van der Waals surface area contributed by atoms with Gasteiger partial charge in [-0.2, -0.15) is 0 Å². The van der Waals surface area contributed by atoms with Crippen LogP contribution in [0.15, 0.2) is 11.6 Å². The van der Waals surface area contributed by atoms with E-state index in [0.29, 0.717) is 6.61 Å². The van der Waals surface area contributed by atoms with E-state index in [9.17, 15) is 9.59 Å². The van der Waals surface area contributed by atoms with Crippen molar-refractivity contribution in [1.82, 2.24) is 5.32 Å². The Labute approximate surface area is 120 Å². The van der Waals surface area contributed by atoms with Gasteiger partial charge in [-0.15, -0.1) is 0 Å². The van der Waals surface area contributed by atoms with Gasteiger partial charge in [0.25, 0.3) is 0 Å². The number of alkyl carbamates (subject to hydrolysis) is 1. The number of rotatable bonds is 3. The van der Waals surface area contributed by atoms with E-state index < -0.39 is 11.7 Å². The molecule has 1 rings (SSSR count). The minimum Gasteiger partial charge on any atom is -0.463 e. The molecule has 1 atom stereocenters. The molecule has 0 aromatic heterocycles. The van der Waals surface area contributed by atoms with Gasteiger partial charge in [0.2, 0.25) is 0 Å². The van der Waals surface area contributed by atoms with E-state index in [-0.39, 0.29) is 12.0 Å². The van der Waals surface area contributed by atoms with Crippen molar-refractivity contribution < 1.29 is 19.1 Å². The summed E-state index contributed by atoms with van der Waals surface area (Å²) in [6.07, 6.45) is 4.74. The van der Waals surface area contributed by atoms with Crippen molar-refractivity contribution in [3.63, 3.8) is 0 Å². The number of nitrogens with one attached hydrogen (secondary N) is 1. The van der Waals surface area contributed by atoms with Crippen LogP contribution in [0.4, 0.5) is 4.79 Å². The number of ether oxygens (including phenoxy) is 2. The number of hydrogen-bond donors (Lipinski definition) is 1. The first-order valence-electron chi connectivity index (χ1n) is 7.18. The Morgan fingerprint density at radius 3 is 2.65 bits per heavy atom. The zero-order valence-electron chi connectivity index (χ0n) is 12.8. The van der Waals surface area contributed by atoms with E-state index in [1.54, 1.807) is 6.92 Å². The maximum atomic E-state index is 11.8. The fourth-order valence-corrected chi connectivity index (χ4v) is 2.16. The second kappa shape index (κ2) is 7.31. The van der Waals surface area contributed by atoms with Gasteiger partial charge in [0.1, 0.15) is 5.60 Å². The van der Waals surface area contributed by atoms with E-state index >= 15 is 0 Å². The first-order valence-corrected chi connectivity index (χ1v) is 7.18. The molecule has 0 radical (unpaired) electrons. The smallest absolute Gasteiger partial charge is 0.408 e. The van der Waals surface area contributed by atoms with Gasteiger partial charge in [0.05, 0.1) is 12.6 Å². The summed E-state index contributed by atoms with van der Waals surface area (Å²) in [7, 11) is 0. The molecule has 1 fully saturated rings. The largest absolute Gasteiger partial charge is 0.463 e. The normalized spacial score (nSPS) is 21.4. The minimum absolute atomic E-state index is 0.136. The SMILES string of the molecule is CCOC(=O)/C=C1/CCCCC1NC(=O)OC(C)(C)C. The summed E-state index contributed by atoms with van der Waals surface area (Å²) in [6, 6.07) is -0.136. The van der Waals surface area contributed by atoms with Crippen LogP contribution in [-0.4, -0.2) is 30.3 Å². The number of hydrogen-bond acceptors (Lipinski definition) is 4. The quantitative estimate of drug-likeness (QED) is 0.639. The van der Waals surface area contributed by atoms with Gasteiger partial charge < -0.3 is 14.8 Å². The zero-order chi connectivity index (χ0) is 15.2. The van der Waals surface area contributed by atoms with Crippen LogP contribution in [0.2, 0.25) is 0 Å². The zero-order valence-corrected chi connectivity index (χ0v) is 12.8. The lowest BCUT2D eigenvalue weighted by Gasteiger charge is -2.28. The van der Waals surface area contributed by atoms with Crippen LogP contribution in [0.3, 0.4) is 0 Å². The van der Waals surface area contributed by atoms with Crippen molar-refractivity contribution in [2.45, 2.75) is 65.0 Å². The molecule has 1 saturated carbocycles. The molecule has 114 valence electrons. The molecule has 0 aliphatic heterocycles. The number of carbonyl (C=O) groups is 2. The minimum atomic E-state index is -0.524. The Morgan fingerprint density at radius 2 is 2.05 bits per heavy atom. The van der Waals surface area contributed by atoms with Crippen LogP contribution in [0.5, 0.6) is 0 Å². The molecule has 0 aromatic carbocycles. The molecule has 5 nitrogen and oxygen atoms in total. The van der Waals surface area contributed by atoms with Crippen LogP contribution >= 0.6 is 0 Å². The van der Waals surface area contributed by atoms with Crippen molar-refractivity contribution in [3.05, 3.63) is 11.6 Å². The number of amides is 1. The van der Waals surface area contributed by atoms with E-state index in [2.05, 4.69) is 5.32 Å². The van der Waals surface area contributed by atoms with Gasteiger partial charge in [-0.25, -0.2) is 9.59 Å². The third-order valence-corrected chi connectivity index (χ3v) is 2.94. The lowest BCUT2D eigenvalue weighted by atomic mass is 9.90. The molecule has 0 heterocycles. The molecule has 20 heavy (non-hydrogen) atoms. The van der Waals surface area contributed by atoms with Crippen molar-refractivity contribution in [1.29, 1.82) is 0 Å². The molecule has 0 bridgehead atoms. The van der Waals surface area contributed by atoms with Gasteiger partial charge in [-0.1, -0.05) is 6.42 Å². The van der Waals surface area contributed by atoms with E-state index in [1.807, 2.05) is 20.8 Å². The Balaban J connectivity index is 2.65. The van der Waals surface area contributed by atoms with Crippen molar-refractivity contribution in [2.24, 2.45) is 0 Å². The number of carbonyl (C=O) groups excluding carboxylic acids is 2. The predicted molar refractivity (Wildman–Crippen MR) is 76.3 cm³/mol. The van der Waals surface area contributed by atoms with Crippen LogP contribution < -0.4 is 5.32 Å². The summed E-state index contributed by atoms with van der Waals surface area (Å²) in [5.74, 6) is -0.347. The highest BCUT2D eigenvalue weighted by atomic mass is 16.6. The summed E-state index contributed by atoms with van der Waals surface area (Å²) in [6.45, 7) is 7.59. The van der Waals surface area contributed by atoms with Gasteiger partial charge in [-0.3, -0.25) is 0 Å². The standard InChI is InChI=1S/C15H25NO4/c1-5-19-13(17)10-11-8-6-7-9-12(11)16-14(18)20-15(2,3)4/h10,12H,5-9H2,1-4H3,(H,16,18)/b11-10-. The first-order chi connectivity index (χ1) is 9.31. The lowest BCUT2D eigenvalue weighted by Crippen LogP contribution is -2.41. The van der Waals surface area contributed by atoms with Crippen molar-refractivity contribution in [3.8, 4) is 0 Å². The molecule has 1 N–H and O–H groups in total. The summed E-state index contributed by atoms with van der Waals surface area (Å²) >= 11 is 0. The van der Waals surface area contributed by atoms with E-state index in [1.165, 1.54) is 6.08 Å². The second-order valence-electron chi connectivity index (χ2n) is 5.92. The molecule has 1 aliphatic carbocycles. The monoisotopic (exact) mass is 283 g/mol. The topological polar surface area (TPSA) is 64.6 Å². The van der Waals surface area contributed by atoms with Crippen molar-refractivity contribution in [2.75, 3.05) is 6.61 Å². The fraction of sp³-hybridized carbons (Fsp3) is 0.733. The molecule has 0 aromatic rings. The lowest BCUT2D eigenvalue weighted by molar-refractivity contribution is -0.137. The van der Waals surface area contributed by atoms with Crippen LogP contribution in [0, 0.1) is 0 Å². The van der Waals surface area contributed by atoms with Gasteiger partial charge in [0, 0.05) is 6.08 Å². The number of esters is 1. The van der Waals surface area contributed by atoms with Gasteiger partial charge in [0.15, 0.2) is 0 Å². The molecule has 0 saturated heterocycles. The summed E-state index contributed by atoms with van der Waals surface area (Å²) in [4.78, 5) is 23.3. The maximum absolute atomic E-state index is 11.8. The Kier molecular flexibility index (Phi) is 6.05. The highest BCUT2D eigenvalue weighted by Gasteiger charge is 2.24. The highest BCUT2D eigenvalue weighted by Crippen LogP contribution is 2.24. The average Bonchev–Trinajstić information content (AvgIpc) is 2.29. The molecule has 5 heteroatoms. The van der Waals surface area contributed by atoms with Gasteiger partial charge in [-0.05, 0) is 52.5 Å². The maximum Gasteiger partial charge on any atom is 0.408 e. The summed E-state index contributed by atoms with van der Waals surface area (Å²) in [5.41, 5.74) is 0.393. The molecule has 0 spiro atoms. The molecule has 1 unspecified atom stereocenters. The van der Waals surface area contributed by atoms with E-state index in [0.717, 1.165) is 31.3 Å². The highest BCUT2D eigenvalue weighted by molar-refractivity contribution is 5.83. The molecule has 1 amide bonds. The fourth-order valence-electron chi connectivity index (χ4n) is 2.16. The second-order valence-corrected chi connectivity index (χ2v) is 5.92. The first kappa shape index (κ1) is 16.5. The van der Waals surface area contributed by atoms with Crippen LogP contribution in [-0.2, 0) is 14.3 Å². The molecule has 1 aliphatic rings. The van der Waals surface area contributed by atoms with Crippen molar-refractivity contribution >= 4 is 12.1 Å². The summed E-state index contributed by atoms with van der Waals surface area (Å²) in [5, 5.41) is 2.84. The summed E-state index contributed by atoms with van der Waals surface area (Å²) < 4.78 is 10.2. The van der Waals surface area contributed by atoms with Crippen LogP contribution in [0.25, 0.3) is 0 Å². The predicted octanol–water partition coefficient (Wildman–Crippen LogP) is 2.94.